The van der Waals surface area contributed by atoms with Crippen molar-refractivity contribution in [2.24, 2.45) is 5.92 Å². The van der Waals surface area contributed by atoms with Gasteiger partial charge in [0.05, 0.1) is 56.4 Å². The molecule has 7 nitrogen and oxygen atoms in total. The Kier molecular flexibility index (Phi) is 9.28. The summed E-state index contributed by atoms with van der Waals surface area (Å²) >= 11 is 0. The standard InChI is InChI=1S/C31H40O7/c1-20(21(2)32)25-13-14-26(36-25)28-15-24(33)31-29(37-28)16-27(35-18-23-11-7-4-8-12-23)30(38-31)19-34-17-22-9-5-3-6-10-22/h3-14,20-21,24-33H,15-19H2,1-2H3. The number of aliphatic hydroxyl groups excluding tert-OH is 2. The lowest BCUT2D eigenvalue weighted by molar-refractivity contribution is -0.274. The minimum Gasteiger partial charge on any atom is -0.393 e. The molecule has 0 amide bonds. The number of fused-ring (bicyclic) bond motifs is 1. The zero-order chi connectivity index (χ0) is 26.5. The number of hydrogen-bond acceptors (Lipinski definition) is 7. The molecule has 0 saturated carbocycles. The van der Waals surface area contributed by atoms with Gasteiger partial charge in [0.15, 0.2) is 0 Å². The lowest BCUT2D eigenvalue weighted by Gasteiger charge is -2.48. The molecule has 0 aromatic heterocycles. The fourth-order valence-electron chi connectivity index (χ4n) is 5.47. The van der Waals surface area contributed by atoms with Crippen LogP contribution >= 0.6 is 0 Å². The van der Waals surface area contributed by atoms with Gasteiger partial charge in [-0.05, 0) is 18.1 Å². The first kappa shape index (κ1) is 27.5. The van der Waals surface area contributed by atoms with Crippen LogP contribution in [0.25, 0.3) is 0 Å². The van der Waals surface area contributed by atoms with E-state index in [1.165, 1.54) is 0 Å². The summed E-state index contributed by atoms with van der Waals surface area (Å²) in [6, 6.07) is 20.1. The first-order valence-corrected chi connectivity index (χ1v) is 13.8. The SMILES string of the molecule is CC(O)C(C)C1C=CC(C2CC(O)C3OC(COCc4ccccc4)C(OCc4ccccc4)CC3O2)O1. The molecular formula is C31H40O7. The molecule has 206 valence electrons. The molecular weight excluding hydrogens is 484 g/mol. The van der Waals surface area contributed by atoms with Crippen LogP contribution in [-0.4, -0.2) is 71.8 Å². The van der Waals surface area contributed by atoms with Crippen LogP contribution in [0.4, 0.5) is 0 Å². The summed E-state index contributed by atoms with van der Waals surface area (Å²) in [6.45, 7) is 5.05. The van der Waals surface area contributed by atoms with Crippen molar-refractivity contribution in [3.8, 4) is 0 Å². The second-order valence-corrected chi connectivity index (χ2v) is 10.8. The van der Waals surface area contributed by atoms with Crippen molar-refractivity contribution < 1.29 is 33.9 Å². The summed E-state index contributed by atoms with van der Waals surface area (Å²) in [5.74, 6) is -0.0251. The maximum absolute atomic E-state index is 11.1. The van der Waals surface area contributed by atoms with Crippen molar-refractivity contribution in [2.45, 2.75) is 94.8 Å². The molecule has 2 N–H and O–H groups in total. The fourth-order valence-corrected chi connectivity index (χ4v) is 5.47. The Morgan fingerprint density at radius 1 is 0.842 bits per heavy atom. The minimum absolute atomic E-state index is 0.0251. The van der Waals surface area contributed by atoms with Crippen LogP contribution in [0.15, 0.2) is 72.8 Å². The molecule has 3 heterocycles. The van der Waals surface area contributed by atoms with Crippen LogP contribution in [0.3, 0.4) is 0 Å². The van der Waals surface area contributed by atoms with Gasteiger partial charge in [0.25, 0.3) is 0 Å². The van der Waals surface area contributed by atoms with Crippen molar-refractivity contribution in [3.05, 3.63) is 83.9 Å². The number of aliphatic hydroxyl groups is 2. The molecule has 0 spiro atoms. The Morgan fingerprint density at radius 3 is 2.21 bits per heavy atom. The first-order valence-electron chi connectivity index (χ1n) is 13.8. The maximum atomic E-state index is 11.1. The summed E-state index contributed by atoms with van der Waals surface area (Å²) in [5, 5.41) is 21.1. The highest BCUT2D eigenvalue weighted by Crippen LogP contribution is 2.37. The van der Waals surface area contributed by atoms with Gasteiger partial charge < -0.3 is 33.9 Å². The van der Waals surface area contributed by atoms with Crippen LogP contribution in [0.2, 0.25) is 0 Å². The van der Waals surface area contributed by atoms with E-state index >= 15 is 0 Å². The van der Waals surface area contributed by atoms with Crippen LogP contribution in [0, 0.1) is 5.92 Å². The van der Waals surface area contributed by atoms with Gasteiger partial charge in [-0.15, -0.1) is 0 Å². The highest BCUT2D eigenvalue weighted by atomic mass is 16.6. The third kappa shape index (κ3) is 6.72. The van der Waals surface area contributed by atoms with Gasteiger partial charge in [-0.1, -0.05) is 79.7 Å². The normalized spacial score (nSPS) is 34.5. The van der Waals surface area contributed by atoms with E-state index in [0.29, 0.717) is 32.7 Å². The van der Waals surface area contributed by atoms with Gasteiger partial charge in [0, 0.05) is 18.8 Å². The Bertz CT molecular complexity index is 1010. The molecule has 2 aromatic carbocycles. The monoisotopic (exact) mass is 524 g/mol. The van der Waals surface area contributed by atoms with E-state index in [9.17, 15) is 10.2 Å². The second kappa shape index (κ2) is 12.8. The van der Waals surface area contributed by atoms with E-state index in [0.717, 1.165) is 11.1 Å². The number of ether oxygens (including phenoxy) is 5. The summed E-state index contributed by atoms with van der Waals surface area (Å²) in [6.07, 6.45) is 1.76. The molecule has 5 rings (SSSR count). The summed E-state index contributed by atoms with van der Waals surface area (Å²) in [4.78, 5) is 0. The van der Waals surface area contributed by atoms with E-state index < -0.39 is 18.3 Å². The first-order chi connectivity index (χ1) is 18.5. The van der Waals surface area contributed by atoms with Crippen LogP contribution in [0.5, 0.6) is 0 Å². The summed E-state index contributed by atoms with van der Waals surface area (Å²) < 4.78 is 31.5. The van der Waals surface area contributed by atoms with Gasteiger partial charge in [-0.2, -0.15) is 0 Å². The molecule has 3 aliphatic heterocycles. The van der Waals surface area contributed by atoms with Crippen LogP contribution in [0.1, 0.15) is 37.8 Å². The molecule has 0 bridgehead atoms. The predicted octanol–water partition coefficient (Wildman–Crippen LogP) is 3.81. The van der Waals surface area contributed by atoms with Crippen molar-refractivity contribution in [2.75, 3.05) is 6.61 Å². The Hall–Kier alpha value is -2.10. The highest BCUT2D eigenvalue weighted by Gasteiger charge is 2.49. The van der Waals surface area contributed by atoms with Gasteiger partial charge >= 0.3 is 0 Å². The minimum atomic E-state index is -0.685. The van der Waals surface area contributed by atoms with Gasteiger partial charge in [-0.25, -0.2) is 0 Å². The van der Waals surface area contributed by atoms with Gasteiger partial charge in [-0.3, -0.25) is 0 Å². The smallest absolute Gasteiger partial charge is 0.110 e. The van der Waals surface area contributed by atoms with E-state index in [1.54, 1.807) is 6.92 Å². The van der Waals surface area contributed by atoms with E-state index in [2.05, 4.69) is 0 Å². The Balaban J connectivity index is 1.23. The Labute approximate surface area is 225 Å². The van der Waals surface area contributed by atoms with Crippen molar-refractivity contribution >= 4 is 0 Å². The van der Waals surface area contributed by atoms with Crippen molar-refractivity contribution in [1.29, 1.82) is 0 Å². The summed E-state index contributed by atoms with van der Waals surface area (Å²) in [5.41, 5.74) is 2.18. The molecule has 0 radical (unpaired) electrons. The van der Waals surface area contributed by atoms with Gasteiger partial charge in [0.2, 0.25) is 0 Å². The molecule has 38 heavy (non-hydrogen) atoms. The third-order valence-corrected chi connectivity index (χ3v) is 7.93. The lowest BCUT2D eigenvalue weighted by atomic mass is 9.88. The maximum Gasteiger partial charge on any atom is 0.110 e. The van der Waals surface area contributed by atoms with E-state index in [-0.39, 0.29) is 42.5 Å². The second-order valence-electron chi connectivity index (χ2n) is 10.8. The molecule has 2 fully saturated rings. The Morgan fingerprint density at radius 2 is 1.53 bits per heavy atom. The van der Waals surface area contributed by atoms with Gasteiger partial charge in [0.1, 0.15) is 18.3 Å². The quantitative estimate of drug-likeness (QED) is 0.457. The van der Waals surface area contributed by atoms with E-state index in [1.807, 2.05) is 79.7 Å². The number of benzene rings is 2. The molecule has 7 heteroatoms. The topological polar surface area (TPSA) is 86.6 Å². The summed E-state index contributed by atoms with van der Waals surface area (Å²) in [7, 11) is 0. The number of hydrogen-bond donors (Lipinski definition) is 2. The average molecular weight is 525 g/mol. The molecule has 2 saturated heterocycles. The lowest BCUT2D eigenvalue weighted by Crippen LogP contribution is -2.60. The highest BCUT2D eigenvalue weighted by molar-refractivity contribution is 5.14. The zero-order valence-corrected chi connectivity index (χ0v) is 22.2. The van der Waals surface area contributed by atoms with Crippen molar-refractivity contribution in [3.63, 3.8) is 0 Å². The fraction of sp³-hybridized carbons (Fsp3) is 0.548. The number of rotatable bonds is 10. The third-order valence-electron chi connectivity index (χ3n) is 7.93. The molecule has 10 unspecified atom stereocenters. The largest absolute Gasteiger partial charge is 0.393 e. The zero-order valence-electron chi connectivity index (χ0n) is 22.2. The van der Waals surface area contributed by atoms with Crippen LogP contribution < -0.4 is 0 Å². The average Bonchev–Trinajstić information content (AvgIpc) is 3.43. The van der Waals surface area contributed by atoms with E-state index in [4.69, 9.17) is 23.7 Å². The molecule has 2 aromatic rings. The molecule has 10 atom stereocenters. The van der Waals surface area contributed by atoms with Crippen molar-refractivity contribution in [1.82, 2.24) is 0 Å². The molecule has 0 aliphatic carbocycles. The predicted molar refractivity (Wildman–Crippen MR) is 142 cm³/mol. The van der Waals surface area contributed by atoms with Crippen LogP contribution in [-0.2, 0) is 36.9 Å². The molecule has 3 aliphatic rings.